The molecule has 20 amide bonds. The minimum absolute atomic E-state index is 0.108. The van der Waals surface area contributed by atoms with Gasteiger partial charge in [0.25, 0.3) is 0 Å². The van der Waals surface area contributed by atoms with Crippen molar-refractivity contribution in [1.29, 1.82) is 0 Å². The molecule has 53 nitrogen and oxygen atoms in total. The number of H-pyrrole nitrogens is 2. The van der Waals surface area contributed by atoms with E-state index < -0.39 is 334 Å². The highest BCUT2D eigenvalue weighted by atomic mass is 16.4. The number of aromatic hydroxyl groups is 1. The average Bonchev–Trinajstić information content (AvgIpc) is 1.71. The van der Waals surface area contributed by atoms with Crippen LogP contribution in [0.25, 0.3) is 21.8 Å². The molecule has 146 heavy (non-hydrogen) atoms. The van der Waals surface area contributed by atoms with Crippen molar-refractivity contribution in [3.8, 4) is 5.75 Å². The molecular formula is C93H135N23O30. The van der Waals surface area contributed by atoms with E-state index in [4.69, 9.17) is 11.5 Å². The lowest BCUT2D eigenvalue weighted by Gasteiger charge is -2.30. The van der Waals surface area contributed by atoms with Crippen LogP contribution in [0.1, 0.15) is 132 Å². The van der Waals surface area contributed by atoms with Crippen molar-refractivity contribution in [2.24, 2.45) is 35.1 Å². The van der Waals surface area contributed by atoms with Crippen molar-refractivity contribution in [3.63, 3.8) is 0 Å². The first-order chi connectivity index (χ1) is 68.7. The molecule has 19 atom stereocenters. The number of aromatic nitrogens is 2. The Kier molecular flexibility index (Phi) is 49.0. The highest BCUT2D eigenvalue weighted by molar-refractivity contribution is 6.03. The first kappa shape index (κ1) is 121. The molecule has 0 saturated heterocycles. The lowest BCUT2D eigenvalue weighted by atomic mass is 9.96. The molecular weight excluding hydrogens is 1920 g/mol. The van der Waals surface area contributed by atoms with E-state index in [0.29, 0.717) is 32.9 Å². The summed E-state index contributed by atoms with van der Waals surface area (Å²) in [5, 5.41) is 127. The van der Waals surface area contributed by atoms with Gasteiger partial charge in [0.05, 0.1) is 70.7 Å². The van der Waals surface area contributed by atoms with Crippen LogP contribution in [0.4, 0.5) is 0 Å². The van der Waals surface area contributed by atoms with Crippen molar-refractivity contribution in [1.82, 2.24) is 111 Å². The summed E-state index contributed by atoms with van der Waals surface area (Å²) in [4.78, 5) is 305. The number of phenols is 1. The van der Waals surface area contributed by atoms with Crippen molar-refractivity contribution >= 4 is 152 Å². The number of hydrogen-bond acceptors (Lipinski definition) is 29. The van der Waals surface area contributed by atoms with Crippen molar-refractivity contribution in [2.75, 3.05) is 45.9 Å². The molecule has 0 aliphatic rings. The molecule has 33 N–H and O–H groups in total. The normalized spacial score (nSPS) is 15.2. The number of hydrogen-bond donors (Lipinski definition) is 31. The molecule has 2 heterocycles. The second-order valence-corrected chi connectivity index (χ2v) is 36.0. The van der Waals surface area contributed by atoms with Crippen molar-refractivity contribution in [2.45, 2.75) is 243 Å². The van der Waals surface area contributed by atoms with Gasteiger partial charge in [-0.2, -0.15) is 0 Å². The Morgan fingerprint density at radius 1 is 0.356 bits per heavy atom. The second kappa shape index (κ2) is 59.0. The molecule has 0 fully saturated rings. The summed E-state index contributed by atoms with van der Waals surface area (Å²) < 4.78 is 0. The van der Waals surface area contributed by atoms with E-state index in [9.17, 15) is 146 Å². The van der Waals surface area contributed by atoms with Crippen LogP contribution < -0.4 is 112 Å². The van der Waals surface area contributed by atoms with E-state index in [-0.39, 0.29) is 37.0 Å². The summed E-state index contributed by atoms with van der Waals surface area (Å²) in [7, 11) is 0. The molecule has 5 aromatic rings. The topological polar surface area (TPSA) is 850 Å². The number of phenolic OH excluding ortho intramolecular Hbond substituents is 1. The summed E-state index contributed by atoms with van der Waals surface area (Å²) in [6, 6.07) is -6.33. The van der Waals surface area contributed by atoms with Crippen molar-refractivity contribution < 1.29 is 146 Å². The number of nitrogens with two attached hydrogens (primary N) is 2. The van der Waals surface area contributed by atoms with E-state index in [1.54, 1.807) is 75.5 Å². The molecule has 2 aromatic heterocycles. The van der Waals surface area contributed by atoms with Crippen LogP contribution in [-0.2, 0) is 125 Å². The van der Waals surface area contributed by atoms with E-state index in [0.717, 1.165) is 13.8 Å². The number of aliphatic hydroxyl groups excluding tert-OH is 5. The monoisotopic (exact) mass is 2050 g/mol. The molecule has 3 aromatic carbocycles. The minimum Gasteiger partial charge on any atom is -0.508 e. The average molecular weight is 2060 g/mol. The maximum atomic E-state index is 14.9. The number of carbonyl (C=O) groups is 22. The first-order valence-corrected chi connectivity index (χ1v) is 46.9. The Morgan fingerprint density at radius 2 is 0.712 bits per heavy atom. The van der Waals surface area contributed by atoms with Crippen LogP contribution in [0.15, 0.2) is 85.2 Å². The Labute approximate surface area is 837 Å². The van der Waals surface area contributed by atoms with Gasteiger partial charge < -0.3 is 163 Å². The maximum absolute atomic E-state index is 14.9. The number of carboxylic acids is 2. The lowest BCUT2D eigenvalue weighted by molar-refractivity contribution is -0.144. The fourth-order valence-corrected chi connectivity index (χ4v) is 14.6. The number of primary amides is 1. The summed E-state index contributed by atoms with van der Waals surface area (Å²) >= 11 is 0. The van der Waals surface area contributed by atoms with Gasteiger partial charge in [-0.25, -0.2) is 4.79 Å². The van der Waals surface area contributed by atoms with Gasteiger partial charge in [0.1, 0.15) is 96.4 Å². The number of aliphatic hydroxyl groups is 5. The predicted octanol–water partition coefficient (Wildman–Crippen LogP) is -9.55. The standard InChI is InChI=1S/C93H135N23O30/c1-13-45(8)75(115-85(137)63(32-72(129)130)106-83(135)60(29-50-22-24-53(122)25-23-50)105-79(131)46(9)102-68(125)36-99-81(133)61(30-51-34-96-56-20-16-14-18-54(51)56)104-70(127)38-101-87(139)76(47(10)119)111-67(124)33-94)90(142)108-62(31-52-35-97-57-21-17-15-19-55(52)57)82(134)100-37-69(126)103-58(26-27-66(95)123)80(132)98-39-71(128)112-77(48(11)120)91(143)107-59(28-42(2)3)84(136)113-74(44(6)7)89(141)116-78(49(12)121)92(144)114-73(43(4)5)88(140)109-64(40-117)86(138)110-65(41-118)93(145)146/h14-25,34-35,42-49,58-65,73-78,96-97,117-122H,13,26-33,36-41,94H2,1-12H3,(H2,95,123)(H,98,132)(H,99,133)(H,100,134)(H,101,139)(H,102,125)(H,103,126)(H,104,127)(H,105,131)(H,106,135)(H,107,143)(H,108,142)(H,109,140)(H,110,138)(H,111,124)(H,112,128)(H,113,136)(H,114,144)(H,115,137)(H,116,141)(H,129,130)(H,145,146)/t45-,46-,47+,48+,49+,58-,59-,60-,61-,62-,63-,64-,65-,73-,74-,75-,76-,77-,78-/m0/s1. The van der Waals surface area contributed by atoms with Crippen LogP contribution in [0.3, 0.4) is 0 Å². The Hall–Kier alpha value is -15.4. The summed E-state index contributed by atoms with van der Waals surface area (Å²) in [5.74, 6) is -27.7. The Bertz CT molecular complexity index is 5430. The minimum atomic E-state index is -2.06. The highest BCUT2D eigenvalue weighted by Gasteiger charge is 2.42. The van der Waals surface area contributed by atoms with Crippen LogP contribution >= 0.6 is 0 Å². The number of carbonyl (C=O) groups excluding carboxylic acids is 20. The molecule has 0 saturated carbocycles. The fraction of sp³-hybridized carbons (Fsp3) is 0.527. The highest BCUT2D eigenvalue weighted by Crippen LogP contribution is 2.23. The molecule has 802 valence electrons. The lowest BCUT2D eigenvalue weighted by Crippen LogP contribution is -2.63. The van der Waals surface area contributed by atoms with Crippen LogP contribution in [0.5, 0.6) is 5.75 Å². The number of aliphatic carboxylic acids is 2. The van der Waals surface area contributed by atoms with Crippen LogP contribution in [0.2, 0.25) is 0 Å². The number of nitrogens with one attached hydrogen (secondary N) is 21. The summed E-state index contributed by atoms with van der Waals surface area (Å²) in [6.07, 6.45) is -5.02. The van der Waals surface area contributed by atoms with Gasteiger partial charge in [0.2, 0.25) is 118 Å². The molecule has 0 radical (unpaired) electrons. The number of amides is 20. The molecule has 0 unspecified atom stereocenters. The zero-order chi connectivity index (χ0) is 109. The molecule has 0 aliphatic carbocycles. The van der Waals surface area contributed by atoms with E-state index in [1.165, 1.54) is 78.9 Å². The SMILES string of the molecule is CC[C@H](C)[C@H](NC(=O)[C@H](CC(=O)O)NC(=O)[C@H](Cc1ccc(O)cc1)NC(=O)[C@H](C)NC(=O)CNC(=O)[C@H](Cc1c[nH]c2ccccc12)NC(=O)CNC(=O)[C@@H](NC(=O)CN)[C@@H](C)O)C(=O)N[C@@H](Cc1c[nH]c2ccccc12)C(=O)NCC(=O)N[C@@H](CCC(N)=O)C(=O)NCC(=O)N[C@H](C(=O)N[C@@H](CC(C)C)C(=O)N[C@H](C(=O)N[C@H](C(=O)N[C@H](C(=O)N[C@@H](CO)C(=O)N[C@@H](CO)C(=O)O)C(C)C)[C@@H](C)O)C(C)C)[C@@H](C)O. The number of para-hydroxylation sites is 2. The quantitative estimate of drug-likeness (QED) is 0.0172. The number of benzene rings is 3. The number of rotatable bonds is 61. The van der Waals surface area contributed by atoms with E-state index >= 15 is 0 Å². The smallest absolute Gasteiger partial charge is 0.328 e. The zero-order valence-corrected chi connectivity index (χ0v) is 82.6. The molecule has 0 spiro atoms. The third-order valence-electron chi connectivity index (χ3n) is 22.9. The van der Waals surface area contributed by atoms with Gasteiger partial charge in [-0.3, -0.25) is 101 Å². The predicted molar refractivity (Wildman–Crippen MR) is 518 cm³/mol. The number of aromatic amines is 2. The fourth-order valence-electron chi connectivity index (χ4n) is 14.6. The third-order valence-corrected chi connectivity index (χ3v) is 22.9. The largest absolute Gasteiger partial charge is 0.508 e. The van der Waals surface area contributed by atoms with Gasteiger partial charge in [-0.15, -0.1) is 0 Å². The zero-order valence-electron chi connectivity index (χ0n) is 82.6. The molecule has 0 aliphatic heterocycles. The maximum Gasteiger partial charge on any atom is 0.328 e. The third kappa shape index (κ3) is 39.1. The van der Waals surface area contributed by atoms with Gasteiger partial charge in [0, 0.05) is 59.9 Å². The first-order valence-electron chi connectivity index (χ1n) is 46.9. The Morgan fingerprint density at radius 3 is 1.18 bits per heavy atom. The Balaban J connectivity index is 1.28. The van der Waals surface area contributed by atoms with Gasteiger partial charge in [-0.05, 0) is 105 Å². The van der Waals surface area contributed by atoms with Gasteiger partial charge in [-0.1, -0.05) is 110 Å². The molecule has 0 bridgehead atoms. The molecule has 5 rings (SSSR count). The second-order valence-electron chi connectivity index (χ2n) is 36.0. The van der Waals surface area contributed by atoms with Crippen LogP contribution in [0, 0.1) is 23.7 Å². The van der Waals surface area contributed by atoms with Gasteiger partial charge >= 0.3 is 11.9 Å². The number of carboxylic acid groups (broad SMARTS) is 2. The number of fused-ring (bicyclic) bond motifs is 2. The van der Waals surface area contributed by atoms with Crippen molar-refractivity contribution in [3.05, 3.63) is 102 Å². The summed E-state index contributed by atoms with van der Waals surface area (Å²) in [5.41, 5.74) is 13.3. The van der Waals surface area contributed by atoms with E-state index in [2.05, 4.69) is 106 Å². The summed E-state index contributed by atoms with van der Waals surface area (Å²) in [6.45, 7) is 10.7. The van der Waals surface area contributed by atoms with Gasteiger partial charge in [0.15, 0.2) is 0 Å². The van der Waals surface area contributed by atoms with Crippen LogP contribution in [-0.4, -0.2) is 336 Å². The molecule has 53 heteroatoms. The van der Waals surface area contributed by atoms with E-state index in [1.807, 2.05) is 5.32 Å².